The van der Waals surface area contributed by atoms with Gasteiger partial charge in [-0.25, -0.2) is 4.79 Å². The first kappa shape index (κ1) is 6.51. The zero-order chi connectivity index (χ0) is 7.56. The normalized spacial score (nSPS) is 15.6. The van der Waals surface area contributed by atoms with Crippen molar-refractivity contribution in [2.75, 3.05) is 6.67 Å². The summed E-state index contributed by atoms with van der Waals surface area (Å²) in [5.41, 5.74) is 4.88. The van der Waals surface area contributed by atoms with Gasteiger partial charge in [-0.1, -0.05) is 0 Å². The van der Waals surface area contributed by atoms with Crippen molar-refractivity contribution in [2.24, 2.45) is 10.7 Å². The van der Waals surface area contributed by atoms with E-state index in [1.165, 1.54) is 5.94 Å². The molecule has 0 aliphatic carbocycles. The zero-order valence-corrected chi connectivity index (χ0v) is 5.05. The van der Waals surface area contributed by atoms with Gasteiger partial charge in [0.25, 0.3) is 5.91 Å². The van der Waals surface area contributed by atoms with Crippen molar-refractivity contribution in [1.82, 2.24) is 5.32 Å². The smallest absolute Gasteiger partial charge is 0.269 e. The van der Waals surface area contributed by atoms with E-state index in [0.717, 1.165) is 0 Å². The van der Waals surface area contributed by atoms with Gasteiger partial charge in [0.1, 0.15) is 6.67 Å². The van der Waals surface area contributed by atoms with Gasteiger partial charge in [0.05, 0.1) is 0 Å². The van der Waals surface area contributed by atoms with Gasteiger partial charge in [0.15, 0.2) is 17.4 Å². The van der Waals surface area contributed by atoms with E-state index in [0.29, 0.717) is 0 Å². The van der Waals surface area contributed by atoms with Crippen LogP contribution in [0.15, 0.2) is 10.7 Å². The van der Waals surface area contributed by atoms with E-state index < -0.39 is 5.91 Å². The number of nitrogens with one attached hydrogen (secondary N) is 1. The molecule has 0 bridgehead atoms. The Labute approximate surface area is 56.6 Å². The quantitative estimate of drug-likeness (QED) is 0.420. The van der Waals surface area contributed by atoms with E-state index in [-0.39, 0.29) is 18.1 Å². The Morgan fingerprint density at radius 3 is 2.90 bits per heavy atom. The fraction of sp³-hybridized carbons (Fsp3) is 0.200. The maximum atomic E-state index is 10.4. The molecule has 3 N–H and O–H groups in total. The second kappa shape index (κ2) is 2.33. The SMILES string of the molecule is NC(=O)C1=NCNC1=C=O. The van der Waals surface area contributed by atoms with Crippen molar-refractivity contribution in [1.29, 1.82) is 0 Å². The summed E-state index contributed by atoms with van der Waals surface area (Å²) in [5.74, 6) is 0.814. The Bertz CT molecular complexity index is 250. The first-order chi connectivity index (χ1) is 4.75. The number of carbonyl (C=O) groups is 1. The molecule has 0 spiro atoms. The Balaban J connectivity index is 2.96. The molecule has 0 saturated carbocycles. The number of hydrogen-bond donors (Lipinski definition) is 2. The number of nitrogens with zero attached hydrogens (tertiary/aromatic N) is 1. The molecule has 0 aromatic carbocycles. The molecule has 1 aliphatic rings. The molecular weight excluding hydrogens is 134 g/mol. The van der Waals surface area contributed by atoms with E-state index in [9.17, 15) is 9.59 Å². The number of hydrogen-bond acceptors (Lipinski definition) is 4. The first-order valence-electron chi connectivity index (χ1n) is 2.59. The number of nitrogens with two attached hydrogens (primary N) is 1. The van der Waals surface area contributed by atoms with Crippen molar-refractivity contribution in [3.63, 3.8) is 0 Å². The lowest BCUT2D eigenvalue weighted by Crippen LogP contribution is -2.26. The van der Waals surface area contributed by atoms with Crippen molar-refractivity contribution >= 4 is 17.6 Å². The molecule has 1 aliphatic heterocycles. The van der Waals surface area contributed by atoms with Gasteiger partial charge < -0.3 is 11.1 Å². The fourth-order valence-electron chi connectivity index (χ4n) is 0.646. The van der Waals surface area contributed by atoms with Gasteiger partial charge in [-0.3, -0.25) is 9.79 Å². The highest BCUT2D eigenvalue weighted by Gasteiger charge is 2.18. The summed E-state index contributed by atoms with van der Waals surface area (Å²) in [6, 6.07) is 0. The minimum Gasteiger partial charge on any atom is -0.364 e. The Hall–Kier alpha value is -1.61. The van der Waals surface area contributed by atoms with Crippen LogP contribution in [0.25, 0.3) is 0 Å². The van der Waals surface area contributed by atoms with Crippen LogP contribution in [0.4, 0.5) is 0 Å². The van der Waals surface area contributed by atoms with Crippen LogP contribution in [-0.2, 0) is 9.59 Å². The van der Waals surface area contributed by atoms with Crippen LogP contribution in [-0.4, -0.2) is 24.2 Å². The third-order valence-corrected chi connectivity index (χ3v) is 1.07. The standard InChI is InChI=1S/C5H5N3O2/c6-5(10)4-3(1-9)7-2-8-4/h7H,2H2,(H2,6,10). The summed E-state index contributed by atoms with van der Waals surface area (Å²) in [4.78, 5) is 24.1. The highest BCUT2D eigenvalue weighted by atomic mass is 16.1. The number of primary amides is 1. The van der Waals surface area contributed by atoms with E-state index >= 15 is 0 Å². The maximum absolute atomic E-state index is 10.4. The van der Waals surface area contributed by atoms with Crippen LogP contribution in [0, 0.1) is 0 Å². The summed E-state index contributed by atoms with van der Waals surface area (Å²) < 4.78 is 0. The molecule has 0 atom stereocenters. The Morgan fingerprint density at radius 2 is 2.50 bits per heavy atom. The summed E-state index contributed by atoms with van der Waals surface area (Å²) in [6.45, 7) is 0.225. The molecule has 5 heteroatoms. The van der Waals surface area contributed by atoms with Crippen LogP contribution in [0.3, 0.4) is 0 Å². The summed E-state index contributed by atoms with van der Waals surface area (Å²) in [7, 11) is 0. The third-order valence-electron chi connectivity index (χ3n) is 1.07. The Kier molecular flexibility index (Phi) is 1.51. The van der Waals surface area contributed by atoms with Crippen molar-refractivity contribution in [3.05, 3.63) is 5.70 Å². The lowest BCUT2D eigenvalue weighted by atomic mass is 10.3. The average molecular weight is 139 g/mol. The molecule has 0 aromatic heterocycles. The lowest BCUT2D eigenvalue weighted by Gasteiger charge is -1.90. The van der Waals surface area contributed by atoms with E-state index in [1.807, 2.05) is 0 Å². The van der Waals surface area contributed by atoms with Crippen LogP contribution in [0.1, 0.15) is 0 Å². The summed E-state index contributed by atoms with van der Waals surface area (Å²) in [6.07, 6.45) is 0. The van der Waals surface area contributed by atoms with Crippen LogP contribution in [0.5, 0.6) is 0 Å². The highest BCUT2D eigenvalue weighted by molar-refractivity contribution is 6.46. The van der Waals surface area contributed by atoms with Crippen LogP contribution >= 0.6 is 0 Å². The largest absolute Gasteiger partial charge is 0.364 e. The number of aliphatic imine (C=N–C) groups is 1. The minimum absolute atomic E-state index is 0.0185. The molecule has 1 rings (SSSR count). The van der Waals surface area contributed by atoms with Crippen LogP contribution in [0.2, 0.25) is 0 Å². The molecule has 0 fully saturated rings. The van der Waals surface area contributed by atoms with Crippen molar-refractivity contribution in [3.8, 4) is 0 Å². The molecule has 52 valence electrons. The monoisotopic (exact) mass is 139 g/mol. The molecule has 1 amide bonds. The van der Waals surface area contributed by atoms with Crippen LogP contribution < -0.4 is 11.1 Å². The molecule has 10 heavy (non-hydrogen) atoms. The molecule has 0 unspecified atom stereocenters. The minimum atomic E-state index is -0.705. The maximum Gasteiger partial charge on any atom is 0.269 e. The van der Waals surface area contributed by atoms with Crippen molar-refractivity contribution in [2.45, 2.75) is 0 Å². The van der Waals surface area contributed by atoms with E-state index in [4.69, 9.17) is 5.73 Å². The lowest BCUT2D eigenvalue weighted by molar-refractivity contribution is -0.111. The number of carbonyl (C=O) groups excluding carboxylic acids is 2. The molecular formula is C5H5N3O2. The van der Waals surface area contributed by atoms with Gasteiger partial charge in [-0.15, -0.1) is 0 Å². The molecule has 0 radical (unpaired) electrons. The number of rotatable bonds is 1. The predicted octanol–water partition coefficient (Wildman–Crippen LogP) is -1.81. The number of amides is 1. The van der Waals surface area contributed by atoms with Gasteiger partial charge in [0.2, 0.25) is 0 Å². The predicted molar refractivity (Wildman–Crippen MR) is 33.8 cm³/mol. The van der Waals surface area contributed by atoms with E-state index in [1.54, 1.807) is 0 Å². The average Bonchev–Trinajstić information content (AvgIpc) is 2.33. The molecule has 0 saturated heterocycles. The summed E-state index contributed by atoms with van der Waals surface area (Å²) >= 11 is 0. The molecule has 1 heterocycles. The first-order valence-corrected chi connectivity index (χ1v) is 2.59. The Morgan fingerprint density at radius 1 is 1.80 bits per heavy atom. The van der Waals surface area contributed by atoms with Gasteiger partial charge in [0, 0.05) is 0 Å². The second-order valence-electron chi connectivity index (χ2n) is 1.68. The molecule has 0 aromatic rings. The fourth-order valence-corrected chi connectivity index (χ4v) is 0.646. The molecule has 5 nitrogen and oxygen atoms in total. The van der Waals surface area contributed by atoms with Gasteiger partial charge >= 0.3 is 0 Å². The highest BCUT2D eigenvalue weighted by Crippen LogP contribution is 1.95. The topological polar surface area (TPSA) is 84.6 Å². The van der Waals surface area contributed by atoms with E-state index in [2.05, 4.69) is 10.3 Å². The van der Waals surface area contributed by atoms with Gasteiger partial charge in [-0.05, 0) is 0 Å². The van der Waals surface area contributed by atoms with Gasteiger partial charge in [-0.2, -0.15) is 0 Å². The van der Waals surface area contributed by atoms with Crippen molar-refractivity contribution < 1.29 is 9.59 Å². The zero-order valence-electron chi connectivity index (χ0n) is 5.05. The second-order valence-corrected chi connectivity index (χ2v) is 1.68. The summed E-state index contributed by atoms with van der Waals surface area (Å²) in [5, 5.41) is 2.53. The third kappa shape index (κ3) is 0.897.